The van der Waals surface area contributed by atoms with Crippen LogP contribution in [0.4, 0.5) is 0 Å². The molecule has 3 N–H and O–H groups in total. The Morgan fingerprint density at radius 1 is 1.17 bits per heavy atom. The SMILES string of the molecule is CCCCCc1cc(O)c(C2C=C(C)CCC2)c(O)c1C(=O)OCCCCCO. The van der Waals surface area contributed by atoms with E-state index in [4.69, 9.17) is 9.84 Å². The monoisotopic (exact) mass is 404 g/mol. The fraction of sp³-hybridized carbons (Fsp3) is 0.625. The summed E-state index contributed by atoms with van der Waals surface area (Å²) in [6.07, 6.45) is 10.6. The summed E-state index contributed by atoms with van der Waals surface area (Å²) in [5, 5.41) is 30.6. The highest BCUT2D eigenvalue weighted by Crippen LogP contribution is 2.44. The van der Waals surface area contributed by atoms with Gasteiger partial charge >= 0.3 is 5.97 Å². The maximum Gasteiger partial charge on any atom is 0.342 e. The number of phenolic OH excluding ortho intramolecular Hbond substituents is 2. The van der Waals surface area contributed by atoms with Gasteiger partial charge in [0.1, 0.15) is 17.1 Å². The molecular weight excluding hydrogens is 368 g/mol. The highest BCUT2D eigenvalue weighted by Gasteiger charge is 2.28. The molecule has 0 saturated carbocycles. The van der Waals surface area contributed by atoms with Crippen LogP contribution in [0.1, 0.15) is 99.0 Å². The van der Waals surface area contributed by atoms with E-state index in [-0.39, 0.29) is 36.2 Å². The van der Waals surface area contributed by atoms with Crippen LogP contribution in [-0.4, -0.2) is 34.5 Å². The van der Waals surface area contributed by atoms with E-state index in [9.17, 15) is 15.0 Å². The van der Waals surface area contributed by atoms with Crippen LogP contribution < -0.4 is 0 Å². The van der Waals surface area contributed by atoms with Crippen LogP contribution in [0.3, 0.4) is 0 Å². The Kier molecular flexibility index (Phi) is 9.52. The van der Waals surface area contributed by atoms with E-state index in [2.05, 4.69) is 19.9 Å². The molecule has 1 aliphatic rings. The molecule has 5 heteroatoms. The number of carbonyl (C=O) groups is 1. The number of aliphatic hydroxyl groups is 1. The number of hydrogen-bond acceptors (Lipinski definition) is 5. The molecule has 162 valence electrons. The van der Waals surface area contributed by atoms with Crippen molar-refractivity contribution in [2.75, 3.05) is 13.2 Å². The lowest BCUT2D eigenvalue weighted by Crippen LogP contribution is -2.13. The summed E-state index contributed by atoms with van der Waals surface area (Å²) in [5.41, 5.74) is 2.53. The minimum absolute atomic E-state index is 0.0597. The predicted octanol–water partition coefficient (Wildman–Crippen LogP) is 5.36. The Bertz CT molecular complexity index is 708. The second kappa shape index (κ2) is 11.9. The molecule has 5 nitrogen and oxygen atoms in total. The number of carbonyl (C=O) groups excluding carboxylic acids is 1. The van der Waals surface area contributed by atoms with E-state index in [1.807, 2.05) is 0 Å². The maximum absolute atomic E-state index is 12.8. The lowest BCUT2D eigenvalue weighted by Gasteiger charge is -2.24. The first-order valence-electron chi connectivity index (χ1n) is 11.0. The fourth-order valence-corrected chi connectivity index (χ4v) is 4.05. The Hall–Kier alpha value is -2.01. The molecule has 0 spiro atoms. The quantitative estimate of drug-likeness (QED) is 0.262. The Balaban J connectivity index is 2.31. The first kappa shape index (κ1) is 23.3. The average molecular weight is 405 g/mol. The van der Waals surface area contributed by atoms with Crippen molar-refractivity contribution < 1.29 is 24.9 Å². The zero-order chi connectivity index (χ0) is 21.2. The first-order valence-corrected chi connectivity index (χ1v) is 11.0. The van der Waals surface area contributed by atoms with Crippen molar-refractivity contribution in [1.29, 1.82) is 0 Å². The van der Waals surface area contributed by atoms with Gasteiger partial charge in [-0.25, -0.2) is 4.79 Å². The molecule has 1 atom stereocenters. The van der Waals surface area contributed by atoms with Crippen molar-refractivity contribution in [3.05, 3.63) is 34.4 Å². The Morgan fingerprint density at radius 3 is 2.66 bits per heavy atom. The van der Waals surface area contributed by atoms with E-state index in [0.29, 0.717) is 30.4 Å². The molecule has 0 saturated heterocycles. The zero-order valence-corrected chi connectivity index (χ0v) is 17.9. The molecule has 1 unspecified atom stereocenters. The van der Waals surface area contributed by atoms with Gasteiger partial charge in [0.05, 0.1) is 6.61 Å². The van der Waals surface area contributed by atoms with Gasteiger partial charge in [-0.05, 0) is 69.9 Å². The summed E-state index contributed by atoms with van der Waals surface area (Å²) < 4.78 is 5.43. The standard InChI is InChI=1S/C24H36O5/c1-3-4-6-11-19-16-20(26)21(18-12-9-10-17(2)15-18)23(27)22(19)24(28)29-14-8-5-7-13-25/h15-16,18,25-27H,3-14H2,1-2H3. The Morgan fingerprint density at radius 2 is 1.97 bits per heavy atom. The smallest absolute Gasteiger partial charge is 0.342 e. The number of allylic oxidation sites excluding steroid dienone is 2. The second-order valence-electron chi connectivity index (χ2n) is 8.08. The molecule has 0 fully saturated rings. The molecule has 1 aromatic rings. The summed E-state index contributed by atoms with van der Waals surface area (Å²) in [7, 11) is 0. The molecule has 1 aliphatic carbocycles. The summed E-state index contributed by atoms with van der Waals surface area (Å²) >= 11 is 0. The first-order chi connectivity index (χ1) is 14.0. The van der Waals surface area contributed by atoms with Gasteiger partial charge in [0, 0.05) is 18.1 Å². The van der Waals surface area contributed by atoms with Crippen LogP contribution >= 0.6 is 0 Å². The third-order valence-electron chi connectivity index (χ3n) is 5.63. The van der Waals surface area contributed by atoms with Crippen LogP contribution in [0, 0.1) is 0 Å². The number of rotatable bonds is 11. The van der Waals surface area contributed by atoms with Crippen molar-refractivity contribution in [2.24, 2.45) is 0 Å². The lowest BCUT2D eigenvalue weighted by molar-refractivity contribution is 0.0492. The molecule has 1 aromatic carbocycles. The lowest BCUT2D eigenvalue weighted by atomic mass is 9.83. The van der Waals surface area contributed by atoms with E-state index in [1.54, 1.807) is 6.07 Å². The maximum atomic E-state index is 12.8. The molecular formula is C24H36O5. The Labute approximate surface area is 174 Å². The third kappa shape index (κ3) is 6.49. The second-order valence-corrected chi connectivity index (χ2v) is 8.08. The summed E-state index contributed by atoms with van der Waals surface area (Å²) in [6.45, 7) is 4.55. The molecule has 0 amide bonds. The number of aliphatic hydroxyl groups excluding tert-OH is 1. The van der Waals surface area contributed by atoms with E-state index >= 15 is 0 Å². The highest BCUT2D eigenvalue weighted by atomic mass is 16.5. The van der Waals surface area contributed by atoms with E-state index in [0.717, 1.165) is 44.9 Å². The normalized spacial score (nSPS) is 16.5. The van der Waals surface area contributed by atoms with Crippen LogP contribution in [0.15, 0.2) is 17.7 Å². The van der Waals surface area contributed by atoms with Gasteiger partial charge in [-0.2, -0.15) is 0 Å². The van der Waals surface area contributed by atoms with Crippen molar-refractivity contribution in [2.45, 2.75) is 84.0 Å². The number of unbranched alkanes of at least 4 members (excludes halogenated alkanes) is 4. The van der Waals surface area contributed by atoms with Crippen LogP contribution in [0.2, 0.25) is 0 Å². The minimum atomic E-state index is -0.532. The number of aryl methyl sites for hydroxylation is 1. The highest BCUT2D eigenvalue weighted by molar-refractivity contribution is 5.95. The summed E-state index contributed by atoms with van der Waals surface area (Å²) in [5.74, 6) is -0.697. The molecule has 0 aliphatic heterocycles. The third-order valence-corrected chi connectivity index (χ3v) is 5.63. The molecule has 29 heavy (non-hydrogen) atoms. The van der Waals surface area contributed by atoms with Crippen molar-refractivity contribution in [3.63, 3.8) is 0 Å². The van der Waals surface area contributed by atoms with Gasteiger partial charge in [0.15, 0.2) is 0 Å². The average Bonchev–Trinajstić information content (AvgIpc) is 2.68. The molecule has 0 bridgehead atoms. The number of esters is 1. The van der Waals surface area contributed by atoms with Crippen LogP contribution in [0.25, 0.3) is 0 Å². The van der Waals surface area contributed by atoms with E-state index < -0.39 is 5.97 Å². The molecule has 0 aromatic heterocycles. The summed E-state index contributed by atoms with van der Waals surface area (Å²) in [4.78, 5) is 12.8. The number of benzene rings is 1. The number of aromatic hydroxyl groups is 2. The van der Waals surface area contributed by atoms with Crippen LogP contribution in [-0.2, 0) is 11.2 Å². The van der Waals surface area contributed by atoms with E-state index in [1.165, 1.54) is 5.57 Å². The fourth-order valence-electron chi connectivity index (χ4n) is 4.05. The summed E-state index contributed by atoms with van der Waals surface area (Å²) in [6, 6.07) is 1.64. The topological polar surface area (TPSA) is 87.0 Å². The van der Waals surface area contributed by atoms with Gasteiger partial charge in [-0.15, -0.1) is 0 Å². The van der Waals surface area contributed by atoms with Crippen LogP contribution in [0.5, 0.6) is 11.5 Å². The predicted molar refractivity (Wildman–Crippen MR) is 115 cm³/mol. The van der Waals surface area contributed by atoms with Gasteiger partial charge in [-0.1, -0.05) is 31.4 Å². The van der Waals surface area contributed by atoms with Gasteiger partial charge in [-0.3, -0.25) is 0 Å². The minimum Gasteiger partial charge on any atom is -0.507 e. The molecule has 2 rings (SSSR count). The molecule has 0 heterocycles. The number of ether oxygens (including phenoxy) is 1. The zero-order valence-electron chi connectivity index (χ0n) is 17.9. The number of hydrogen-bond donors (Lipinski definition) is 3. The van der Waals surface area contributed by atoms with Gasteiger partial charge in [0.25, 0.3) is 0 Å². The van der Waals surface area contributed by atoms with Crippen molar-refractivity contribution in [3.8, 4) is 11.5 Å². The van der Waals surface area contributed by atoms with Gasteiger partial charge < -0.3 is 20.1 Å². The largest absolute Gasteiger partial charge is 0.507 e. The molecule has 0 radical (unpaired) electrons. The van der Waals surface area contributed by atoms with Gasteiger partial charge in [0.2, 0.25) is 0 Å². The van der Waals surface area contributed by atoms with Crippen molar-refractivity contribution in [1.82, 2.24) is 0 Å². The van der Waals surface area contributed by atoms with Crippen molar-refractivity contribution >= 4 is 5.97 Å². The number of phenols is 2.